The molecule has 0 atom stereocenters. The van der Waals surface area contributed by atoms with Gasteiger partial charge in [-0.2, -0.15) is 0 Å². The number of nitrogens with zero attached hydrogens (tertiary/aromatic N) is 1. The molecule has 4 heteroatoms. The maximum Gasteiger partial charge on any atom is 0.250 e. The van der Waals surface area contributed by atoms with Crippen molar-refractivity contribution >= 4 is 28.3 Å². The lowest BCUT2D eigenvalue weighted by Crippen LogP contribution is -2.12. The van der Waals surface area contributed by atoms with Gasteiger partial charge in [-0.3, -0.25) is 9.78 Å². The van der Waals surface area contributed by atoms with Gasteiger partial charge in [-0.25, -0.2) is 0 Å². The van der Waals surface area contributed by atoms with E-state index in [2.05, 4.69) is 4.98 Å². The van der Waals surface area contributed by atoms with Crippen LogP contribution in [0.5, 0.6) is 0 Å². The number of rotatable bonds is 1. The van der Waals surface area contributed by atoms with Gasteiger partial charge in [-0.1, -0.05) is 17.7 Å². The molecule has 0 radical (unpaired) electrons. The highest BCUT2D eigenvalue weighted by Crippen LogP contribution is 2.24. The molecule has 2 aromatic rings. The predicted molar refractivity (Wildman–Crippen MR) is 55.3 cm³/mol. The molecule has 14 heavy (non-hydrogen) atoms. The van der Waals surface area contributed by atoms with Crippen molar-refractivity contribution in [1.29, 1.82) is 0 Å². The van der Waals surface area contributed by atoms with Gasteiger partial charge in [0.2, 0.25) is 0 Å². The number of carbonyl (C=O) groups excluding carboxylic acids is 1. The van der Waals surface area contributed by atoms with Crippen LogP contribution >= 0.6 is 11.6 Å². The molecule has 0 bridgehead atoms. The minimum Gasteiger partial charge on any atom is -0.366 e. The first-order valence-electron chi connectivity index (χ1n) is 4.02. The van der Waals surface area contributed by atoms with Crippen molar-refractivity contribution < 1.29 is 4.79 Å². The van der Waals surface area contributed by atoms with E-state index in [-0.39, 0.29) is 0 Å². The second kappa shape index (κ2) is 3.27. The van der Waals surface area contributed by atoms with Crippen molar-refractivity contribution in [2.75, 3.05) is 0 Å². The largest absolute Gasteiger partial charge is 0.366 e. The van der Waals surface area contributed by atoms with Gasteiger partial charge in [0.15, 0.2) is 0 Å². The number of hydrogen-bond donors (Lipinski definition) is 1. The first kappa shape index (κ1) is 8.97. The first-order valence-corrected chi connectivity index (χ1v) is 4.40. The van der Waals surface area contributed by atoms with E-state index in [1.165, 1.54) is 0 Å². The Hall–Kier alpha value is -1.61. The smallest absolute Gasteiger partial charge is 0.250 e. The van der Waals surface area contributed by atoms with Crippen LogP contribution in [0.25, 0.3) is 10.8 Å². The Kier molecular flexibility index (Phi) is 2.09. The Morgan fingerprint density at radius 2 is 2.14 bits per heavy atom. The standard InChI is InChI=1S/C10H7ClN2O/c11-8-2-1-6-5-13-4-3-7(6)9(8)10(12)14/h1-5H,(H2,12,14). The van der Waals surface area contributed by atoms with Gasteiger partial charge in [0.05, 0.1) is 10.6 Å². The average Bonchev–Trinajstić information content (AvgIpc) is 2.17. The average molecular weight is 207 g/mol. The number of hydrogen-bond acceptors (Lipinski definition) is 2. The Bertz CT molecular complexity index is 510. The molecular weight excluding hydrogens is 200 g/mol. The topological polar surface area (TPSA) is 56.0 Å². The number of aromatic nitrogens is 1. The number of primary amides is 1. The van der Waals surface area contributed by atoms with Crippen LogP contribution in [0.4, 0.5) is 0 Å². The van der Waals surface area contributed by atoms with Crippen LogP contribution in [-0.4, -0.2) is 10.9 Å². The van der Waals surface area contributed by atoms with Crippen molar-refractivity contribution in [2.45, 2.75) is 0 Å². The van der Waals surface area contributed by atoms with Crippen molar-refractivity contribution in [1.82, 2.24) is 4.98 Å². The Morgan fingerprint density at radius 1 is 1.36 bits per heavy atom. The van der Waals surface area contributed by atoms with Crippen molar-refractivity contribution in [3.8, 4) is 0 Å². The third-order valence-electron chi connectivity index (χ3n) is 2.02. The van der Waals surface area contributed by atoms with Crippen LogP contribution in [0.3, 0.4) is 0 Å². The van der Waals surface area contributed by atoms with Crippen LogP contribution in [0.15, 0.2) is 30.6 Å². The number of fused-ring (bicyclic) bond motifs is 1. The Balaban J connectivity index is 2.90. The second-order valence-electron chi connectivity index (χ2n) is 2.88. The Labute approximate surface area is 85.5 Å². The zero-order chi connectivity index (χ0) is 10.1. The fourth-order valence-electron chi connectivity index (χ4n) is 1.39. The monoisotopic (exact) mass is 206 g/mol. The highest BCUT2D eigenvalue weighted by Gasteiger charge is 2.10. The molecule has 1 aromatic heterocycles. The molecule has 0 unspecified atom stereocenters. The highest BCUT2D eigenvalue weighted by atomic mass is 35.5. The summed E-state index contributed by atoms with van der Waals surface area (Å²) in [6.45, 7) is 0. The van der Waals surface area contributed by atoms with Crippen LogP contribution in [0, 0.1) is 0 Å². The summed E-state index contributed by atoms with van der Waals surface area (Å²) in [5.74, 6) is -0.521. The molecule has 1 amide bonds. The lowest BCUT2D eigenvalue weighted by molar-refractivity contribution is 0.100. The van der Waals surface area contributed by atoms with Gasteiger partial charge in [-0.15, -0.1) is 0 Å². The highest BCUT2D eigenvalue weighted by molar-refractivity contribution is 6.35. The van der Waals surface area contributed by atoms with Gasteiger partial charge >= 0.3 is 0 Å². The van der Waals surface area contributed by atoms with Crippen molar-refractivity contribution in [3.05, 3.63) is 41.2 Å². The zero-order valence-electron chi connectivity index (χ0n) is 7.20. The zero-order valence-corrected chi connectivity index (χ0v) is 7.95. The van der Waals surface area contributed by atoms with E-state index in [0.717, 1.165) is 10.8 Å². The summed E-state index contributed by atoms with van der Waals surface area (Å²) in [4.78, 5) is 15.1. The summed E-state index contributed by atoms with van der Waals surface area (Å²) >= 11 is 5.88. The summed E-state index contributed by atoms with van der Waals surface area (Å²) in [6, 6.07) is 5.17. The van der Waals surface area contributed by atoms with Crippen LogP contribution in [0.1, 0.15) is 10.4 Å². The van der Waals surface area contributed by atoms with Crippen LogP contribution in [0.2, 0.25) is 5.02 Å². The molecular formula is C10H7ClN2O. The van der Waals surface area contributed by atoms with E-state index >= 15 is 0 Å². The third kappa shape index (κ3) is 1.32. The van der Waals surface area contributed by atoms with Gasteiger partial charge in [0.1, 0.15) is 0 Å². The molecule has 0 aliphatic rings. The molecule has 70 valence electrons. The SMILES string of the molecule is NC(=O)c1c(Cl)ccc2cnccc12. The van der Waals surface area contributed by atoms with Crippen molar-refractivity contribution in [3.63, 3.8) is 0 Å². The van der Waals surface area contributed by atoms with Crippen molar-refractivity contribution in [2.24, 2.45) is 5.73 Å². The number of nitrogens with two attached hydrogens (primary N) is 1. The quantitative estimate of drug-likeness (QED) is 0.776. The Morgan fingerprint density at radius 3 is 2.86 bits per heavy atom. The van der Waals surface area contributed by atoms with E-state index < -0.39 is 5.91 Å². The minimum atomic E-state index is -0.521. The molecule has 2 N–H and O–H groups in total. The summed E-state index contributed by atoms with van der Waals surface area (Å²) in [5.41, 5.74) is 5.59. The molecule has 0 fully saturated rings. The minimum absolute atomic E-state index is 0.353. The lowest BCUT2D eigenvalue weighted by Gasteiger charge is -2.04. The molecule has 0 aliphatic carbocycles. The molecule has 0 saturated heterocycles. The van der Waals surface area contributed by atoms with Crippen LogP contribution in [-0.2, 0) is 0 Å². The van der Waals surface area contributed by atoms with Gasteiger partial charge in [-0.05, 0) is 17.5 Å². The fraction of sp³-hybridized carbons (Fsp3) is 0. The maximum atomic E-state index is 11.2. The summed E-state index contributed by atoms with van der Waals surface area (Å²) in [5, 5.41) is 1.96. The molecule has 3 nitrogen and oxygen atoms in total. The number of amides is 1. The maximum absolute atomic E-state index is 11.2. The number of halogens is 1. The second-order valence-corrected chi connectivity index (χ2v) is 3.29. The number of benzene rings is 1. The lowest BCUT2D eigenvalue weighted by atomic mass is 10.1. The van der Waals surface area contributed by atoms with E-state index in [4.69, 9.17) is 17.3 Å². The summed E-state index contributed by atoms with van der Waals surface area (Å²) in [6.07, 6.45) is 3.27. The van der Waals surface area contributed by atoms with Gasteiger partial charge in [0, 0.05) is 17.8 Å². The molecule has 0 spiro atoms. The number of carbonyl (C=O) groups is 1. The first-order chi connectivity index (χ1) is 6.70. The van der Waals surface area contributed by atoms with E-state index in [1.54, 1.807) is 30.6 Å². The summed E-state index contributed by atoms with van der Waals surface area (Å²) < 4.78 is 0. The number of pyridine rings is 1. The predicted octanol–water partition coefficient (Wildman–Crippen LogP) is 1.99. The van der Waals surface area contributed by atoms with Gasteiger partial charge in [0.25, 0.3) is 5.91 Å². The van der Waals surface area contributed by atoms with Crippen LogP contribution < -0.4 is 5.73 Å². The van der Waals surface area contributed by atoms with Gasteiger partial charge < -0.3 is 5.73 Å². The molecule has 2 rings (SSSR count). The fourth-order valence-corrected chi connectivity index (χ4v) is 1.65. The molecule has 1 aromatic carbocycles. The summed E-state index contributed by atoms with van der Waals surface area (Å²) in [7, 11) is 0. The molecule has 0 aliphatic heterocycles. The van der Waals surface area contributed by atoms with E-state index in [9.17, 15) is 4.79 Å². The molecule has 0 saturated carbocycles. The van der Waals surface area contributed by atoms with E-state index in [0.29, 0.717) is 10.6 Å². The molecule has 1 heterocycles. The third-order valence-corrected chi connectivity index (χ3v) is 2.33. The normalized spacial score (nSPS) is 10.4. The van der Waals surface area contributed by atoms with E-state index in [1.807, 2.05) is 0 Å².